The minimum Gasteiger partial charge on any atom is -0.495 e. The minimum atomic E-state index is -4.74. The SMILES string of the molecule is COc1cnc(OC(F)(F)F)c(I)c1CBr. The van der Waals surface area contributed by atoms with Gasteiger partial charge in [-0.3, -0.25) is 0 Å². The normalized spacial score (nSPS) is 11.4. The molecule has 0 amide bonds. The molecule has 0 fully saturated rings. The summed E-state index contributed by atoms with van der Waals surface area (Å²) >= 11 is 4.90. The van der Waals surface area contributed by atoms with E-state index >= 15 is 0 Å². The molecule has 0 unspecified atom stereocenters. The van der Waals surface area contributed by atoms with Gasteiger partial charge < -0.3 is 9.47 Å². The van der Waals surface area contributed by atoms with Crippen molar-refractivity contribution in [2.75, 3.05) is 7.11 Å². The summed E-state index contributed by atoms with van der Waals surface area (Å²) in [5.41, 5.74) is 0.567. The fourth-order valence-corrected chi connectivity index (χ4v) is 2.76. The van der Waals surface area contributed by atoms with Gasteiger partial charge in [-0.15, -0.1) is 13.2 Å². The maximum atomic E-state index is 12.0. The predicted octanol–water partition coefficient (Wildman–Crippen LogP) is 3.49. The molecule has 0 aromatic carbocycles. The Kier molecular flexibility index (Phi) is 4.65. The van der Waals surface area contributed by atoms with Gasteiger partial charge in [0, 0.05) is 10.9 Å². The largest absolute Gasteiger partial charge is 0.574 e. The highest BCUT2D eigenvalue weighted by molar-refractivity contribution is 14.1. The Labute approximate surface area is 112 Å². The highest BCUT2D eigenvalue weighted by atomic mass is 127. The van der Waals surface area contributed by atoms with Crippen molar-refractivity contribution in [2.24, 2.45) is 0 Å². The molecule has 1 aromatic rings. The Morgan fingerprint density at radius 1 is 1.50 bits per heavy atom. The Morgan fingerprint density at radius 2 is 2.12 bits per heavy atom. The fourth-order valence-electron chi connectivity index (χ4n) is 0.970. The molecule has 0 aliphatic rings. The van der Waals surface area contributed by atoms with Gasteiger partial charge in [-0.2, -0.15) is 0 Å². The number of hydrogen-bond donors (Lipinski definition) is 0. The van der Waals surface area contributed by atoms with E-state index in [4.69, 9.17) is 4.74 Å². The Bertz CT molecular complexity index is 386. The molecule has 1 heterocycles. The van der Waals surface area contributed by atoms with Crippen molar-refractivity contribution < 1.29 is 22.6 Å². The van der Waals surface area contributed by atoms with Crippen molar-refractivity contribution in [1.82, 2.24) is 4.98 Å². The summed E-state index contributed by atoms with van der Waals surface area (Å²) in [6, 6.07) is 0. The zero-order valence-corrected chi connectivity index (χ0v) is 11.7. The number of pyridine rings is 1. The summed E-state index contributed by atoms with van der Waals surface area (Å²) < 4.78 is 45.1. The standard InChI is InChI=1S/C8H6BrF3INO2/c1-15-5-3-14-7(16-8(10,11)12)6(13)4(5)2-9/h3H,2H2,1H3. The lowest BCUT2D eigenvalue weighted by Crippen LogP contribution is -2.19. The van der Waals surface area contributed by atoms with Crippen molar-refractivity contribution >= 4 is 38.5 Å². The lowest BCUT2D eigenvalue weighted by molar-refractivity contribution is -0.276. The maximum Gasteiger partial charge on any atom is 0.574 e. The van der Waals surface area contributed by atoms with Gasteiger partial charge in [0.1, 0.15) is 5.75 Å². The highest BCUT2D eigenvalue weighted by Crippen LogP contribution is 2.33. The van der Waals surface area contributed by atoms with Crippen LogP contribution in [0.15, 0.2) is 6.20 Å². The zero-order valence-electron chi connectivity index (χ0n) is 7.94. The van der Waals surface area contributed by atoms with Crippen LogP contribution in [-0.2, 0) is 5.33 Å². The second kappa shape index (κ2) is 5.39. The Balaban J connectivity index is 3.14. The van der Waals surface area contributed by atoms with Crippen LogP contribution >= 0.6 is 38.5 Å². The second-order valence-electron chi connectivity index (χ2n) is 2.61. The molecule has 90 valence electrons. The molecule has 3 nitrogen and oxygen atoms in total. The predicted molar refractivity (Wildman–Crippen MR) is 62.8 cm³/mol. The smallest absolute Gasteiger partial charge is 0.495 e. The zero-order chi connectivity index (χ0) is 12.3. The summed E-state index contributed by atoms with van der Waals surface area (Å²) in [5, 5.41) is 0.352. The summed E-state index contributed by atoms with van der Waals surface area (Å²) in [5.74, 6) is -0.0563. The molecule has 0 saturated heterocycles. The number of rotatable bonds is 3. The number of halogens is 5. The van der Waals surface area contributed by atoms with Gasteiger partial charge in [0.25, 0.3) is 0 Å². The molecular formula is C8H6BrF3INO2. The summed E-state index contributed by atoms with van der Waals surface area (Å²) in [4.78, 5) is 3.55. The molecule has 0 atom stereocenters. The molecule has 0 aliphatic heterocycles. The van der Waals surface area contributed by atoms with Crippen molar-refractivity contribution in [2.45, 2.75) is 11.7 Å². The number of aromatic nitrogens is 1. The molecular weight excluding hydrogens is 406 g/mol. The van der Waals surface area contributed by atoms with E-state index in [1.54, 1.807) is 22.6 Å². The topological polar surface area (TPSA) is 31.4 Å². The van der Waals surface area contributed by atoms with Crippen molar-refractivity contribution in [3.63, 3.8) is 0 Å². The lowest BCUT2D eigenvalue weighted by Gasteiger charge is -2.13. The first-order chi connectivity index (χ1) is 7.39. The number of ether oxygens (including phenoxy) is 2. The van der Waals surface area contributed by atoms with E-state index in [1.807, 2.05) is 0 Å². The third-order valence-corrected chi connectivity index (χ3v) is 3.29. The number of methoxy groups -OCH3 is 1. The van der Waals surface area contributed by atoms with Crippen LogP contribution < -0.4 is 9.47 Å². The third-order valence-electron chi connectivity index (χ3n) is 1.62. The first kappa shape index (κ1) is 13.8. The van der Waals surface area contributed by atoms with Gasteiger partial charge in [-0.25, -0.2) is 4.98 Å². The maximum absolute atomic E-state index is 12.0. The van der Waals surface area contributed by atoms with Crippen LogP contribution in [0.4, 0.5) is 13.2 Å². The van der Waals surface area contributed by atoms with Crippen LogP contribution in [0.5, 0.6) is 11.6 Å². The fraction of sp³-hybridized carbons (Fsp3) is 0.375. The van der Waals surface area contributed by atoms with E-state index < -0.39 is 12.2 Å². The molecule has 0 N–H and O–H groups in total. The van der Waals surface area contributed by atoms with Crippen molar-refractivity contribution in [3.8, 4) is 11.6 Å². The van der Waals surface area contributed by atoms with Gasteiger partial charge in [0.2, 0.25) is 5.88 Å². The van der Waals surface area contributed by atoms with Crippen LogP contribution in [0, 0.1) is 3.57 Å². The molecule has 0 bridgehead atoms. The molecule has 16 heavy (non-hydrogen) atoms. The van der Waals surface area contributed by atoms with Gasteiger partial charge in [-0.05, 0) is 22.6 Å². The molecule has 0 radical (unpaired) electrons. The van der Waals surface area contributed by atoms with Gasteiger partial charge in [0.15, 0.2) is 0 Å². The van der Waals surface area contributed by atoms with Crippen LogP contribution in [0.25, 0.3) is 0 Å². The average Bonchev–Trinajstić information content (AvgIpc) is 2.19. The van der Waals surface area contributed by atoms with E-state index in [9.17, 15) is 13.2 Å². The first-order valence-electron chi connectivity index (χ1n) is 3.92. The van der Waals surface area contributed by atoms with E-state index in [0.717, 1.165) is 0 Å². The van der Waals surface area contributed by atoms with Gasteiger partial charge in [0.05, 0.1) is 16.9 Å². The van der Waals surface area contributed by atoms with Crippen molar-refractivity contribution in [3.05, 3.63) is 15.3 Å². The van der Waals surface area contributed by atoms with Gasteiger partial charge >= 0.3 is 6.36 Å². The quantitative estimate of drug-likeness (QED) is 0.563. The molecule has 0 spiro atoms. The van der Waals surface area contributed by atoms with Crippen LogP contribution in [0.2, 0.25) is 0 Å². The Hall–Kier alpha value is -0.250. The van der Waals surface area contributed by atoms with E-state index in [-0.39, 0.29) is 3.57 Å². The van der Waals surface area contributed by atoms with E-state index in [1.165, 1.54) is 13.3 Å². The lowest BCUT2D eigenvalue weighted by atomic mass is 10.3. The van der Waals surface area contributed by atoms with Crippen LogP contribution in [0.1, 0.15) is 5.56 Å². The monoisotopic (exact) mass is 411 g/mol. The number of hydrogen-bond acceptors (Lipinski definition) is 3. The summed E-state index contributed by atoms with van der Waals surface area (Å²) in [6.45, 7) is 0. The second-order valence-corrected chi connectivity index (χ2v) is 4.25. The number of nitrogens with zero attached hydrogens (tertiary/aromatic N) is 1. The molecule has 0 aliphatic carbocycles. The Morgan fingerprint density at radius 3 is 2.56 bits per heavy atom. The van der Waals surface area contributed by atoms with Gasteiger partial charge in [-0.1, -0.05) is 15.9 Å². The van der Waals surface area contributed by atoms with Crippen molar-refractivity contribution in [1.29, 1.82) is 0 Å². The molecule has 8 heteroatoms. The summed E-state index contributed by atoms with van der Waals surface area (Å²) in [6.07, 6.45) is -3.55. The minimum absolute atomic E-state index is 0.270. The first-order valence-corrected chi connectivity index (χ1v) is 6.12. The average molecular weight is 412 g/mol. The number of alkyl halides is 4. The molecule has 0 saturated carbocycles. The highest BCUT2D eigenvalue weighted by Gasteiger charge is 2.33. The van der Waals surface area contributed by atoms with E-state index in [0.29, 0.717) is 16.6 Å². The summed E-state index contributed by atoms with van der Waals surface area (Å²) in [7, 11) is 1.42. The molecule has 1 rings (SSSR count). The van der Waals surface area contributed by atoms with Crippen LogP contribution in [0.3, 0.4) is 0 Å². The molecule has 1 aromatic heterocycles. The van der Waals surface area contributed by atoms with E-state index in [2.05, 4.69) is 25.7 Å². The third kappa shape index (κ3) is 3.37. The van der Waals surface area contributed by atoms with Crippen LogP contribution in [-0.4, -0.2) is 18.5 Å².